The predicted molar refractivity (Wildman–Crippen MR) is 39.2 cm³/mol. The number of carbonyl (C=O) groups excluding carboxylic acids is 1. The molecule has 0 aromatic heterocycles. The molecule has 9 heavy (non-hydrogen) atoms. The van der Waals surface area contributed by atoms with E-state index in [0.29, 0.717) is 0 Å². The van der Waals surface area contributed by atoms with Gasteiger partial charge in [0.2, 0.25) is 6.08 Å². The van der Waals surface area contributed by atoms with Gasteiger partial charge in [-0.3, -0.25) is 0 Å². The van der Waals surface area contributed by atoms with Crippen LogP contribution in [0.25, 0.3) is 0 Å². The van der Waals surface area contributed by atoms with E-state index in [2.05, 4.69) is 6.92 Å². The quantitative estimate of drug-likeness (QED) is 0.264. The minimum atomic E-state index is 0.750. The Bertz CT molecular complexity index is 67.4. The molecule has 0 aliphatic carbocycles. The second kappa shape index (κ2) is 15.6. The molecule has 0 aliphatic heterocycles. The fourth-order valence-electron chi connectivity index (χ4n) is 0.289. The van der Waals surface area contributed by atoms with Gasteiger partial charge in [-0.25, -0.2) is 10.2 Å². The summed E-state index contributed by atoms with van der Waals surface area (Å²) in [7, 11) is 0.903. The number of unbranched alkanes of at least 4 members (excludes halogenated alkanes) is 1. The van der Waals surface area contributed by atoms with E-state index < -0.39 is 0 Å². The van der Waals surface area contributed by atoms with E-state index in [1.165, 1.54) is 12.8 Å². The van der Waals surface area contributed by atoms with Crippen molar-refractivity contribution in [3.8, 4) is 0 Å². The standard InChI is InChI=1S/C4H12OSi.CHNO/c1-2-3-4-5-6;2-1-3/h2-4H2,1,6H3;2H. The number of rotatable bonds is 3. The predicted octanol–water partition coefficient (Wildman–Crippen LogP) is -0.0155. The largest absolute Gasteiger partial charge is 0.428 e. The van der Waals surface area contributed by atoms with Crippen molar-refractivity contribution in [1.29, 1.82) is 5.41 Å². The zero-order chi connectivity index (χ0) is 7.54. The van der Waals surface area contributed by atoms with Crippen molar-refractivity contribution in [2.75, 3.05) is 6.61 Å². The molecule has 0 amide bonds. The van der Waals surface area contributed by atoms with E-state index in [0.717, 1.165) is 23.2 Å². The van der Waals surface area contributed by atoms with Gasteiger partial charge in [0.15, 0.2) is 0 Å². The third kappa shape index (κ3) is 35.7. The summed E-state index contributed by atoms with van der Waals surface area (Å²) >= 11 is 0. The molecule has 0 unspecified atom stereocenters. The summed E-state index contributed by atoms with van der Waals surface area (Å²) in [5.41, 5.74) is 0. The van der Waals surface area contributed by atoms with Crippen LogP contribution in [-0.2, 0) is 9.22 Å². The lowest BCUT2D eigenvalue weighted by Gasteiger charge is -1.90. The Kier molecular flexibility index (Phi) is 19.8. The Hall–Kier alpha value is -0.443. The Labute approximate surface area is 58.5 Å². The molecular weight excluding hydrogens is 134 g/mol. The molecular formula is C5H13NO2Si. The van der Waals surface area contributed by atoms with Crippen molar-refractivity contribution in [2.45, 2.75) is 19.8 Å². The molecule has 0 fully saturated rings. The highest BCUT2D eigenvalue weighted by atomic mass is 28.2. The summed E-state index contributed by atoms with van der Waals surface area (Å²) < 4.78 is 4.92. The van der Waals surface area contributed by atoms with Crippen molar-refractivity contribution >= 4 is 16.6 Å². The maximum Gasteiger partial charge on any atom is 0.231 e. The highest BCUT2D eigenvalue weighted by Crippen LogP contribution is 1.82. The molecule has 0 saturated heterocycles. The fraction of sp³-hybridized carbons (Fsp3) is 0.800. The zero-order valence-corrected chi connectivity index (χ0v) is 7.94. The maximum absolute atomic E-state index is 8.35. The molecule has 0 rings (SSSR count). The van der Waals surface area contributed by atoms with Crippen molar-refractivity contribution in [3.63, 3.8) is 0 Å². The third-order valence-electron chi connectivity index (χ3n) is 0.702. The molecule has 0 heterocycles. The third-order valence-corrected chi connectivity index (χ3v) is 1.11. The molecule has 0 spiro atoms. The van der Waals surface area contributed by atoms with Gasteiger partial charge < -0.3 is 4.43 Å². The second-order valence-corrected chi connectivity index (χ2v) is 2.03. The summed E-state index contributed by atoms with van der Waals surface area (Å²) in [6, 6.07) is 0. The van der Waals surface area contributed by atoms with Gasteiger partial charge in [-0.2, -0.15) is 0 Å². The van der Waals surface area contributed by atoms with Gasteiger partial charge in [-0.1, -0.05) is 13.3 Å². The first-order valence-electron chi connectivity index (χ1n) is 2.86. The Morgan fingerprint density at radius 1 is 1.78 bits per heavy atom. The van der Waals surface area contributed by atoms with Crippen molar-refractivity contribution in [2.24, 2.45) is 0 Å². The normalized spacial score (nSPS) is 7.22. The Balaban J connectivity index is 0. The van der Waals surface area contributed by atoms with Gasteiger partial charge in [0.05, 0.1) is 0 Å². The molecule has 0 bridgehead atoms. The van der Waals surface area contributed by atoms with Crippen LogP contribution in [0.1, 0.15) is 19.8 Å². The van der Waals surface area contributed by atoms with Gasteiger partial charge in [-0.15, -0.1) is 0 Å². The summed E-state index contributed by atoms with van der Waals surface area (Å²) in [5, 5.41) is 5.40. The van der Waals surface area contributed by atoms with Crippen LogP contribution in [0, 0.1) is 5.41 Å². The number of hydrogen-bond donors (Lipinski definition) is 1. The van der Waals surface area contributed by atoms with Crippen LogP contribution in [-0.4, -0.2) is 23.2 Å². The maximum atomic E-state index is 8.35. The van der Waals surface area contributed by atoms with E-state index in [4.69, 9.17) is 14.6 Å². The number of isocyanates is 1. The Morgan fingerprint density at radius 2 is 2.22 bits per heavy atom. The second-order valence-electron chi connectivity index (χ2n) is 1.45. The molecule has 0 atom stereocenters. The SMILES string of the molecule is CCCCO[SiH3].N=C=O. The van der Waals surface area contributed by atoms with E-state index >= 15 is 0 Å². The highest BCUT2D eigenvalue weighted by Gasteiger charge is 1.74. The van der Waals surface area contributed by atoms with Gasteiger partial charge in [-0.05, 0) is 6.42 Å². The summed E-state index contributed by atoms with van der Waals surface area (Å²) in [6.07, 6.45) is 3.23. The topological polar surface area (TPSA) is 50.1 Å². The molecule has 0 aromatic carbocycles. The summed E-state index contributed by atoms with van der Waals surface area (Å²) in [5.74, 6) is 0. The van der Waals surface area contributed by atoms with Crippen LogP contribution in [0.15, 0.2) is 0 Å². The van der Waals surface area contributed by atoms with E-state index in [1.54, 1.807) is 0 Å². The van der Waals surface area contributed by atoms with Crippen LogP contribution in [0.2, 0.25) is 0 Å². The van der Waals surface area contributed by atoms with Gasteiger partial charge in [0.25, 0.3) is 0 Å². The van der Waals surface area contributed by atoms with Crippen LogP contribution in [0.5, 0.6) is 0 Å². The average Bonchev–Trinajstić information content (AvgIpc) is 1.86. The van der Waals surface area contributed by atoms with Gasteiger partial charge in [0, 0.05) is 6.61 Å². The smallest absolute Gasteiger partial charge is 0.231 e. The monoisotopic (exact) mass is 147 g/mol. The number of nitrogens with one attached hydrogen (secondary N) is 1. The minimum absolute atomic E-state index is 0.750. The van der Waals surface area contributed by atoms with Crippen LogP contribution < -0.4 is 0 Å². The molecule has 3 nitrogen and oxygen atoms in total. The van der Waals surface area contributed by atoms with Crippen LogP contribution >= 0.6 is 0 Å². The highest BCUT2D eigenvalue weighted by molar-refractivity contribution is 5.97. The van der Waals surface area contributed by atoms with Crippen LogP contribution in [0.3, 0.4) is 0 Å². The lowest BCUT2D eigenvalue weighted by atomic mass is 10.4. The molecule has 4 heteroatoms. The molecule has 0 saturated carbocycles. The zero-order valence-electron chi connectivity index (χ0n) is 5.94. The first-order valence-corrected chi connectivity index (χ1v) is 3.67. The summed E-state index contributed by atoms with van der Waals surface area (Å²) in [4.78, 5) is 8.35. The molecule has 54 valence electrons. The van der Waals surface area contributed by atoms with Crippen molar-refractivity contribution in [1.82, 2.24) is 0 Å². The summed E-state index contributed by atoms with van der Waals surface area (Å²) in [6.45, 7) is 3.14. The lowest BCUT2D eigenvalue weighted by Crippen LogP contribution is -1.85. The van der Waals surface area contributed by atoms with E-state index in [9.17, 15) is 0 Å². The lowest BCUT2D eigenvalue weighted by molar-refractivity contribution is 0.339. The van der Waals surface area contributed by atoms with Gasteiger partial charge in [0.1, 0.15) is 10.5 Å². The van der Waals surface area contributed by atoms with E-state index in [-0.39, 0.29) is 0 Å². The molecule has 0 radical (unpaired) electrons. The van der Waals surface area contributed by atoms with E-state index in [1.807, 2.05) is 0 Å². The van der Waals surface area contributed by atoms with Crippen molar-refractivity contribution in [3.05, 3.63) is 0 Å². The Morgan fingerprint density at radius 3 is 2.33 bits per heavy atom. The van der Waals surface area contributed by atoms with Crippen LogP contribution in [0.4, 0.5) is 0 Å². The molecule has 0 aromatic rings. The average molecular weight is 147 g/mol. The first-order chi connectivity index (χ1) is 4.33. The number of hydrogen-bond acceptors (Lipinski definition) is 3. The van der Waals surface area contributed by atoms with Gasteiger partial charge >= 0.3 is 0 Å². The molecule has 1 N–H and O–H groups in total. The van der Waals surface area contributed by atoms with Crippen molar-refractivity contribution < 1.29 is 9.22 Å². The molecule has 0 aliphatic rings. The minimum Gasteiger partial charge on any atom is -0.428 e. The fourth-order valence-corrected chi connectivity index (χ4v) is 0.577. The first kappa shape index (κ1) is 11.4.